The Labute approximate surface area is 265 Å². The molecular weight excluding hydrogens is 560 g/mol. The Morgan fingerprint density at radius 3 is 1.63 bits per heavy atom. The summed E-state index contributed by atoms with van der Waals surface area (Å²) in [6.07, 6.45) is 1.86. The van der Waals surface area contributed by atoms with Gasteiger partial charge in [0.1, 0.15) is 5.65 Å². The van der Waals surface area contributed by atoms with Crippen LogP contribution in [0.2, 0.25) is 0 Å². The fraction of sp³-hybridized carbons (Fsp3) is 0. The number of aromatic nitrogens is 3. The summed E-state index contributed by atoms with van der Waals surface area (Å²) >= 11 is 0. The summed E-state index contributed by atoms with van der Waals surface area (Å²) in [4.78, 5) is 4.90. The van der Waals surface area contributed by atoms with Crippen LogP contribution in [0.15, 0.2) is 158 Å². The minimum atomic E-state index is 0.653. The molecule has 0 fully saturated rings. The van der Waals surface area contributed by atoms with Crippen LogP contribution in [0.4, 0.5) is 0 Å². The Hall–Kier alpha value is -6.44. The molecule has 0 saturated heterocycles. The topological polar surface area (TPSA) is 46.5 Å². The zero-order valence-corrected chi connectivity index (χ0v) is 24.8. The van der Waals surface area contributed by atoms with Gasteiger partial charge in [0.2, 0.25) is 0 Å². The molecule has 0 saturated carbocycles. The summed E-state index contributed by atoms with van der Waals surface area (Å²) in [6.45, 7) is 0. The van der Waals surface area contributed by atoms with E-state index in [2.05, 4.69) is 130 Å². The van der Waals surface area contributed by atoms with Crippen molar-refractivity contribution in [3.63, 3.8) is 0 Å². The summed E-state index contributed by atoms with van der Waals surface area (Å²) in [7, 11) is 0. The molecule has 4 nitrogen and oxygen atoms in total. The van der Waals surface area contributed by atoms with Crippen LogP contribution in [-0.4, -0.2) is 14.1 Å². The fourth-order valence-corrected chi connectivity index (χ4v) is 7.05. The molecule has 0 spiro atoms. The predicted octanol–water partition coefficient (Wildman–Crippen LogP) is 10.5. The van der Waals surface area contributed by atoms with Gasteiger partial charge in [0.25, 0.3) is 0 Å². The average Bonchev–Trinajstić information content (AvgIpc) is 3.65. The van der Waals surface area contributed by atoms with Crippen LogP contribution in [-0.2, 0) is 0 Å². The standard InChI is InChI=1S/C42H26N4/c43-27-28-12-1-2-13-32(28)34-15-4-3-14-33(34)29-24-30(45-39-20-8-5-16-35(39)36-17-6-9-21-40(36)45)26-31(25-29)46-41-22-10-7-18-37(41)38-19-11-23-44-42(38)46/h1-26H. The third kappa shape index (κ3) is 3.89. The number of pyridine rings is 1. The third-order valence-corrected chi connectivity index (χ3v) is 9.01. The number of rotatable bonds is 4. The second kappa shape index (κ2) is 10.3. The Bertz CT molecular complexity index is 2430. The Balaban J connectivity index is 1.41. The molecule has 46 heavy (non-hydrogen) atoms. The van der Waals surface area contributed by atoms with E-state index in [1.807, 2.05) is 42.6 Å². The van der Waals surface area contributed by atoms with Crippen molar-refractivity contribution in [2.45, 2.75) is 0 Å². The summed E-state index contributed by atoms with van der Waals surface area (Å²) in [5.74, 6) is 0. The molecule has 9 aromatic rings. The first-order valence-corrected chi connectivity index (χ1v) is 15.4. The highest BCUT2D eigenvalue weighted by atomic mass is 15.1. The lowest BCUT2D eigenvalue weighted by Crippen LogP contribution is -2.01. The van der Waals surface area contributed by atoms with Gasteiger partial charge in [-0.2, -0.15) is 5.26 Å². The van der Waals surface area contributed by atoms with Crippen molar-refractivity contribution < 1.29 is 0 Å². The van der Waals surface area contributed by atoms with E-state index in [9.17, 15) is 5.26 Å². The largest absolute Gasteiger partial charge is 0.309 e. The second-order valence-corrected chi connectivity index (χ2v) is 11.5. The van der Waals surface area contributed by atoms with E-state index in [1.165, 1.54) is 10.8 Å². The molecule has 0 N–H and O–H groups in total. The van der Waals surface area contributed by atoms with Crippen molar-refractivity contribution >= 4 is 43.7 Å². The minimum Gasteiger partial charge on any atom is -0.309 e. The van der Waals surface area contributed by atoms with E-state index in [4.69, 9.17) is 4.98 Å². The Morgan fingerprint density at radius 2 is 0.957 bits per heavy atom. The van der Waals surface area contributed by atoms with Gasteiger partial charge < -0.3 is 4.57 Å². The summed E-state index contributed by atoms with van der Waals surface area (Å²) in [5, 5.41) is 14.7. The van der Waals surface area contributed by atoms with Gasteiger partial charge in [-0.3, -0.25) is 4.57 Å². The third-order valence-electron chi connectivity index (χ3n) is 9.01. The molecule has 4 heteroatoms. The van der Waals surface area contributed by atoms with Crippen LogP contribution < -0.4 is 0 Å². The van der Waals surface area contributed by atoms with E-state index in [0.29, 0.717) is 5.56 Å². The minimum absolute atomic E-state index is 0.653. The number of nitriles is 1. The Kier molecular flexibility index (Phi) is 5.84. The molecule has 214 valence electrons. The molecule has 0 unspecified atom stereocenters. The van der Waals surface area contributed by atoms with Gasteiger partial charge in [-0.05, 0) is 71.3 Å². The van der Waals surface area contributed by atoms with Gasteiger partial charge in [-0.25, -0.2) is 4.98 Å². The van der Waals surface area contributed by atoms with E-state index in [0.717, 1.165) is 66.6 Å². The maximum Gasteiger partial charge on any atom is 0.145 e. The lowest BCUT2D eigenvalue weighted by Gasteiger charge is -2.17. The molecule has 3 aromatic heterocycles. The van der Waals surface area contributed by atoms with Crippen molar-refractivity contribution in [3.8, 4) is 39.7 Å². The number of para-hydroxylation sites is 3. The summed E-state index contributed by atoms with van der Waals surface area (Å²) in [6, 6.07) is 55.3. The van der Waals surface area contributed by atoms with Gasteiger partial charge >= 0.3 is 0 Å². The van der Waals surface area contributed by atoms with Crippen molar-refractivity contribution in [3.05, 3.63) is 163 Å². The molecular formula is C42H26N4. The highest BCUT2D eigenvalue weighted by molar-refractivity contribution is 6.10. The van der Waals surface area contributed by atoms with Crippen LogP contribution in [0.1, 0.15) is 5.56 Å². The van der Waals surface area contributed by atoms with E-state index in [1.54, 1.807) is 0 Å². The van der Waals surface area contributed by atoms with Gasteiger partial charge in [-0.1, -0.05) is 97.1 Å². The second-order valence-electron chi connectivity index (χ2n) is 11.5. The predicted molar refractivity (Wildman–Crippen MR) is 189 cm³/mol. The number of hydrogen-bond acceptors (Lipinski definition) is 2. The SMILES string of the molecule is N#Cc1ccccc1-c1ccccc1-c1cc(-n2c3ccccc3c3ccccc32)cc(-n2c3ccccc3c3cccnc32)c1. The van der Waals surface area contributed by atoms with Gasteiger partial charge in [0.05, 0.1) is 33.9 Å². The molecule has 0 amide bonds. The molecule has 0 aliphatic rings. The Morgan fingerprint density at radius 1 is 0.457 bits per heavy atom. The van der Waals surface area contributed by atoms with Crippen LogP contribution in [0.3, 0.4) is 0 Å². The van der Waals surface area contributed by atoms with Crippen LogP contribution in [0, 0.1) is 11.3 Å². The van der Waals surface area contributed by atoms with Crippen LogP contribution >= 0.6 is 0 Å². The van der Waals surface area contributed by atoms with Crippen molar-refractivity contribution in [1.29, 1.82) is 5.26 Å². The first kappa shape index (κ1) is 26.0. The highest BCUT2D eigenvalue weighted by Crippen LogP contribution is 2.40. The van der Waals surface area contributed by atoms with Crippen molar-refractivity contribution in [2.75, 3.05) is 0 Å². The van der Waals surface area contributed by atoms with Crippen molar-refractivity contribution in [2.24, 2.45) is 0 Å². The number of nitrogens with zero attached hydrogens (tertiary/aromatic N) is 4. The maximum atomic E-state index is 10.0. The zero-order chi connectivity index (χ0) is 30.6. The van der Waals surface area contributed by atoms with Crippen molar-refractivity contribution in [1.82, 2.24) is 14.1 Å². The molecule has 3 heterocycles. The lowest BCUT2D eigenvalue weighted by atomic mass is 9.91. The van der Waals surface area contributed by atoms with E-state index in [-0.39, 0.29) is 0 Å². The number of benzene rings is 6. The first-order chi connectivity index (χ1) is 22.8. The van der Waals surface area contributed by atoms with E-state index < -0.39 is 0 Å². The summed E-state index contributed by atoms with van der Waals surface area (Å²) in [5.41, 5.74) is 11.1. The lowest BCUT2D eigenvalue weighted by molar-refractivity contribution is 1.11. The number of fused-ring (bicyclic) bond motifs is 6. The molecule has 0 aliphatic heterocycles. The van der Waals surface area contributed by atoms with Gasteiger partial charge in [0.15, 0.2) is 0 Å². The quantitative estimate of drug-likeness (QED) is 0.206. The van der Waals surface area contributed by atoms with E-state index >= 15 is 0 Å². The average molecular weight is 587 g/mol. The first-order valence-electron chi connectivity index (χ1n) is 15.4. The smallest absolute Gasteiger partial charge is 0.145 e. The molecule has 0 atom stereocenters. The number of hydrogen-bond donors (Lipinski definition) is 0. The summed E-state index contributed by atoms with van der Waals surface area (Å²) < 4.78 is 4.64. The monoisotopic (exact) mass is 586 g/mol. The zero-order valence-electron chi connectivity index (χ0n) is 24.8. The molecule has 9 rings (SSSR count). The van der Waals surface area contributed by atoms with Gasteiger partial charge in [0, 0.05) is 39.0 Å². The molecule has 6 aromatic carbocycles. The normalized spacial score (nSPS) is 11.5. The van der Waals surface area contributed by atoms with Crippen LogP contribution in [0.25, 0.3) is 77.4 Å². The molecule has 0 bridgehead atoms. The molecule has 0 aliphatic carbocycles. The fourth-order valence-electron chi connectivity index (χ4n) is 7.05. The maximum absolute atomic E-state index is 10.0. The van der Waals surface area contributed by atoms with Gasteiger partial charge in [-0.15, -0.1) is 0 Å². The molecule has 0 radical (unpaired) electrons. The van der Waals surface area contributed by atoms with Crippen LogP contribution in [0.5, 0.6) is 0 Å². The highest BCUT2D eigenvalue weighted by Gasteiger charge is 2.19.